The Labute approximate surface area is 83.2 Å². The summed E-state index contributed by atoms with van der Waals surface area (Å²) in [4.78, 5) is 21.0. The minimum absolute atomic E-state index is 0.196. The number of hydrogen-bond acceptors (Lipinski definition) is 3. The largest absolute Gasteiger partial charge is 0.454 e. The number of aldehydes is 1. The molecule has 0 bridgehead atoms. The van der Waals surface area contributed by atoms with E-state index in [9.17, 15) is 9.59 Å². The van der Waals surface area contributed by atoms with Crippen molar-refractivity contribution in [3.63, 3.8) is 0 Å². The molecule has 1 rings (SSSR count). The third-order valence-electron chi connectivity index (χ3n) is 2.58. The Hall–Kier alpha value is -0.900. The fraction of sp³-hybridized carbons (Fsp3) is 0.800. The number of rotatable bonds is 3. The summed E-state index contributed by atoms with van der Waals surface area (Å²) < 4.78 is 5.03. The van der Waals surface area contributed by atoms with Crippen LogP contribution in [0.5, 0.6) is 0 Å². The van der Waals surface area contributed by atoms with Crippen molar-refractivity contribution < 1.29 is 19.4 Å². The van der Waals surface area contributed by atoms with Gasteiger partial charge in [-0.25, -0.2) is 0 Å². The molecular formula is C10H17O4+. The second kappa shape index (κ2) is 5.10. The summed E-state index contributed by atoms with van der Waals surface area (Å²) in [5.74, 6) is 0.0373. The Kier molecular flexibility index (Phi) is 4.07. The number of ether oxygens (including phenoxy) is 1. The zero-order valence-electron chi connectivity index (χ0n) is 8.36. The predicted molar refractivity (Wildman–Crippen MR) is 51.0 cm³/mol. The predicted octanol–water partition coefficient (Wildman–Crippen LogP) is 0.400. The van der Waals surface area contributed by atoms with E-state index in [1.165, 1.54) is 0 Å². The Morgan fingerprint density at radius 3 is 2.86 bits per heavy atom. The van der Waals surface area contributed by atoms with E-state index < -0.39 is 5.97 Å². The van der Waals surface area contributed by atoms with Crippen LogP contribution in [0.4, 0.5) is 0 Å². The summed E-state index contributed by atoms with van der Waals surface area (Å²) in [6.45, 7) is 2.10. The van der Waals surface area contributed by atoms with Crippen LogP contribution in [0.2, 0.25) is 0 Å². The first kappa shape index (κ1) is 11.2. The van der Waals surface area contributed by atoms with E-state index in [4.69, 9.17) is 9.84 Å². The van der Waals surface area contributed by atoms with Gasteiger partial charge in [-0.2, -0.15) is 0 Å². The minimum atomic E-state index is -0.503. The summed E-state index contributed by atoms with van der Waals surface area (Å²) in [7, 11) is 0. The van der Waals surface area contributed by atoms with Crippen molar-refractivity contribution in [3.05, 3.63) is 0 Å². The molecule has 0 heterocycles. The van der Waals surface area contributed by atoms with Crippen LogP contribution >= 0.6 is 0 Å². The first-order valence-electron chi connectivity index (χ1n) is 4.97. The molecule has 1 aliphatic rings. The van der Waals surface area contributed by atoms with E-state index in [0.29, 0.717) is 12.2 Å². The highest BCUT2D eigenvalue weighted by atomic mass is 16.6. The molecule has 0 aliphatic heterocycles. The van der Waals surface area contributed by atoms with Gasteiger partial charge >= 0.3 is 5.97 Å². The van der Waals surface area contributed by atoms with Crippen molar-refractivity contribution >= 4 is 12.3 Å². The fourth-order valence-corrected chi connectivity index (χ4v) is 1.78. The zero-order chi connectivity index (χ0) is 10.6. The minimum Gasteiger partial charge on any atom is -0.454 e. The van der Waals surface area contributed by atoms with Crippen LogP contribution in [0.25, 0.3) is 0 Å². The van der Waals surface area contributed by atoms with Crippen LogP contribution in [0.15, 0.2) is 0 Å². The standard InChI is InChI=1S/C10H16O4/c1-7-2-3-9(8(12)6-7)14-10(13)4-5-11/h5,7-9,12H,2-4,6H2,1H3/p+1. The summed E-state index contributed by atoms with van der Waals surface area (Å²) in [6, 6.07) is 0. The van der Waals surface area contributed by atoms with Crippen molar-refractivity contribution in [2.24, 2.45) is 5.92 Å². The topological polar surface area (TPSA) is 66.3 Å². The maximum absolute atomic E-state index is 11.0. The Morgan fingerprint density at radius 2 is 2.29 bits per heavy atom. The molecule has 2 N–H and O–H groups in total. The molecule has 1 fully saturated rings. The molecule has 1 aliphatic carbocycles. The highest BCUT2D eigenvalue weighted by Gasteiger charge is 2.33. The molecule has 0 aromatic carbocycles. The first-order chi connectivity index (χ1) is 6.63. The summed E-state index contributed by atoms with van der Waals surface area (Å²) in [6.07, 6.45) is 2.23. The van der Waals surface area contributed by atoms with Gasteiger partial charge in [0.1, 0.15) is 12.7 Å². The van der Waals surface area contributed by atoms with E-state index >= 15 is 0 Å². The lowest BCUT2D eigenvalue weighted by atomic mass is 9.86. The van der Waals surface area contributed by atoms with Crippen LogP contribution in [-0.2, 0) is 14.3 Å². The van der Waals surface area contributed by atoms with Gasteiger partial charge in [0, 0.05) is 6.42 Å². The van der Waals surface area contributed by atoms with Crippen molar-refractivity contribution in [3.8, 4) is 0 Å². The fourth-order valence-electron chi connectivity index (χ4n) is 1.78. The molecule has 3 atom stereocenters. The third kappa shape index (κ3) is 3.10. The van der Waals surface area contributed by atoms with E-state index in [2.05, 4.69) is 6.92 Å². The third-order valence-corrected chi connectivity index (χ3v) is 2.58. The lowest BCUT2D eigenvalue weighted by molar-refractivity contribution is -0.158. The normalized spacial score (nSPS) is 32.3. The monoisotopic (exact) mass is 201 g/mol. The first-order valence-corrected chi connectivity index (χ1v) is 4.97. The van der Waals surface area contributed by atoms with Crippen molar-refractivity contribution in [1.82, 2.24) is 0 Å². The second-order valence-electron chi connectivity index (χ2n) is 3.92. The highest BCUT2D eigenvalue weighted by molar-refractivity contribution is 5.83. The lowest BCUT2D eigenvalue weighted by Crippen LogP contribution is -2.36. The summed E-state index contributed by atoms with van der Waals surface area (Å²) in [5.41, 5.74) is 0. The molecule has 4 heteroatoms. The van der Waals surface area contributed by atoms with Gasteiger partial charge in [0.05, 0.1) is 0 Å². The summed E-state index contributed by atoms with van der Waals surface area (Å²) >= 11 is 0. The van der Waals surface area contributed by atoms with Gasteiger partial charge in [-0.3, -0.25) is 4.79 Å². The molecule has 0 aromatic heterocycles. The molecule has 4 nitrogen and oxygen atoms in total. The Balaban J connectivity index is 2.37. The smallest absolute Gasteiger partial charge is 0.313 e. The average Bonchev–Trinajstić information content (AvgIpc) is 2.10. The van der Waals surface area contributed by atoms with Gasteiger partial charge in [0.25, 0.3) is 0 Å². The van der Waals surface area contributed by atoms with Gasteiger partial charge in [-0.1, -0.05) is 6.92 Å². The molecule has 80 valence electrons. The van der Waals surface area contributed by atoms with Crippen LogP contribution in [0.3, 0.4) is 0 Å². The zero-order valence-corrected chi connectivity index (χ0v) is 8.36. The van der Waals surface area contributed by atoms with Gasteiger partial charge < -0.3 is 14.6 Å². The lowest BCUT2D eigenvalue weighted by Gasteiger charge is -2.27. The Morgan fingerprint density at radius 1 is 1.57 bits per heavy atom. The van der Waals surface area contributed by atoms with Crippen molar-refractivity contribution in [2.45, 2.75) is 44.8 Å². The van der Waals surface area contributed by atoms with Crippen LogP contribution in [-0.4, -0.2) is 29.6 Å². The van der Waals surface area contributed by atoms with E-state index in [1.54, 1.807) is 0 Å². The van der Waals surface area contributed by atoms with E-state index in [1.807, 2.05) is 0 Å². The summed E-state index contributed by atoms with van der Waals surface area (Å²) in [5, 5.41) is 7.72. The van der Waals surface area contributed by atoms with Gasteiger partial charge in [0.15, 0.2) is 12.2 Å². The Bertz CT molecular complexity index is 214. The van der Waals surface area contributed by atoms with Crippen molar-refractivity contribution in [2.75, 3.05) is 0 Å². The van der Waals surface area contributed by atoms with Crippen LogP contribution < -0.4 is 0 Å². The molecule has 0 saturated heterocycles. The van der Waals surface area contributed by atoms with Gasteiger partial charge in [0.2, 0.25) is 0 Å². The number of carbonyl (C=O) groups is 2. The van der Waals surface area contributed by atoms with E-state index in [0.717, 1.165) is 19.3 Å². The molecular weight excluding hydrogens is 184 g/mol. The number of hydrogen-bond donors (Lipinski definition) is 0. The molecule has 0 spiro atoms. The van der Waals surface area contributed by atoms with Crippen LogP contribution in [0, 0.1) is 5.92 Å². The molecule has 0 aromatic rings. The quantitative estimate of drug-likeness (QED) is 0.287. The molecule has 1 saturated carbocycles. The molecule has 14 heavy (non-hydrogen) atoms. The highest BCUT2D eigenvalue weighted by Crippen LogP contribution is 2.26. The van der Waals surface area contributed by atoms with Crippen molar-refractivity contribution in [1.29, 1.82) is 0 Å². The van der Waals surface area contributed by atoms with Crippen LogP contribution in [0.1, 0.15) is 32.6 Å². The van der Waals surface area contributed by atoms with E-state index in [-0.39, 0.29) is 18.6 Å². The molecule has 3 unspecified atom stereocenters. The molecule has 0 amide bonds. The van der Waals surface area contributed by atoms with Gasteiger partial charge in [-0.15, -0.1) is 0 Å². The number of esters is 1. The number of carbonyl (C=O) groups excluding carboxylic acids is 2. The SMILES string of the molecule is CC1CCC(OC(=O)CC=O)C([OH2+])C1. The maximum Gasteiger partial charge on any atom is 0.313 e. The average molecular weight is 201 g/mol. The van der Waals surface area contributed by atoms with Gasteiger partial charge in [-0.05, 0) is 18.8 Å². The molecule has 0 radical (unpaired) electrons. The second-order valence-corrected chi connectivity index (χ2v) is 3.92. The maximum atomic E-state index is 11.0.